The first-order valence-electron chi connectivity index (χ1n) is 8.67. The Morgan fingerprint density at radius 1 is 1.19 bits per heavy atom. The number of nitrogens with one attached hydrogen (secondary N) is 1. The van der Waals surface area contributed by atoms with Crippen LogP contribution >= 0.6 is 0 Å². The van der Waals surface area contributed by atoms with Gasteiger partial charge in [0, 0.05) is 31.2 Å². The monoisotopic (exact) mass is 286 g/mol. The maximum atomic E-state index is 3.80. The molecule has 0 spiro atoms. The van der Waals surface area contributed by atoms with Crippen LogP contribution in [0.5, 0.6) is 0 Å². The van der Waals surface area contributed by atoms with Crippen molar-refractivity contribution >= 4 is 0 Å². The Kier molecular flexibility index (Phi) is 4.66. The fraction of sp³-hybridized carbons (Fsp3) is 0.684. The fourth-order valence-electron chi connectivity index (χ4n) is 4.09. The molecule has 2 heteroatoms. The first-order valence-corrected chi connectivity index (χ1v) is 8.67. The van der Waals surface area contributed by atoms with E-state index in [0.717, 1.165) is 24.4 Å². The largest absolute Gasteiger partial charge is 0.311 e. The van der Waals surface area contributed by atoms with Crippen molar-refractivity contribution in [2.75, 3.05) is 13.1 Å². The van der Waals surface area contributed by atoms with E-state index in [1.165, 1.54) is 31.4 Å². The minimum absolute atomic E-state index is 0.562. The second-order valence-electron chi connectivity index (χ2n) is 7.59. The van der Waals surface area contributed by atoms with Crippen LogP contribution in [0, 0.1) is 11.8 Å². The van der Waals surface area contributed by atoms with Gasteiger partial charge in [-0.15, -0.1) is 0 Å². The third-order valence-electron chi connectivity index (χ3n) is 5.19. The molecule has 2 unspecified atom stereocenters. The van der Waals surface area contributed by atoms with Gasteiger partial charge in [-0.3, -0.25) is 4.90 Å². The zero-order valence-electron chi connectivity index (χ0n) is 13.8. The van der Waals surface area contributed by atoms with Crippen LogP contribution in [0.25, 0.3) is 0 Å². The third kappa shape index (κ3) is 3.49. The summed E-state index contributed by atoms with van der Waals surface area (Å²) in [4.78, 5) is 2.80. The Morgan fingerprint density at radius 2 is 1.90 bits per heavy atom. The van der Waals surface area contributed by atoms with Gasteiger partial charge in [-0.05, 0) is 36.7 Å². The molecule has 2 nitrogen and oxygen atoms in total. The minimum atomic E-state index is 0.562. The summed E-state index contributed by atoms with van der Waals surface area (Å²) in [5.41, 5.74) is 1.48. The van der Waals surface area contributed by atoms with Crippen LogP contribution in [-0.4, -0.2) is 30.1 Å². The number of nitrogens with zero attached hydrogens (tertiary/aromatic N) is 1. The predicted molar refractivity (Wildman–Crippen MR) is 89.3 cm³/mol. The highest BCUT2D eigenvalue weighted by atomic mass is 15.3. The van der Waals surface area contributed by atoms with E-state index < -0.39 is 0 Å². The van der Waals surface area contributed by atoms with Crippen LogP contribution in [0.4, 0.5) is 0 Å². The average Bonchev–Trinajstić information content (AvgIpc) is 2.44. The number of rotatable bonds is 4. The van der Waals surface area contributed by atoms with Gasteiger partial charge in [0.2, 0.25) is 0 Å². The normalized spacial score (nSPS) is 33.9. The van der Waals surface area contributed by atoms with Gasteiger partial charge < -0.3 is 5.32 Å². The quantitative estimate of drug-likeness (QED) is 0.904. The van der Waals surface area contributed by atoms with Crippen LogP contribution in [0.1, 0.15) is 51.6 Å². The summed E-state index contributed by atoms with van der Waals surface area (Å²) >= 11 is 0. The summed E-state index contributed by atoms with van der Waals surface area (Å²) < 4.78 is 0. The lowest BCUT2D eigenvalue weighted by atomic mass is 9.79. The summed E-state index contributed by atoms with van der Waals surface area (Å²) in [6.07, 6.45) is 4.07. The van der Waals surface area contributed by atoms with E-state index in [0.29, 0.717) is 12.1 Å². The van der Waals surface area contributed by atoms with Gasteiger partial charge in [0.1, 0.15) is 0 Å². The fourth-order valence-corrected chi connectivity index (χ4v) is 4.09. The van der Waals surface area contributed by atoms with E-state index in [1.54, 1.807) is 0 Å². The lowest BCUT2D eigenvalue weighted by Crippen LogP contribution is -2.58. The standard InChI is InChI=1S/C19H30N2/c1-14(2)9-17-13-21(18-10-15(3)11-18)19(12-20-17)16-7-5-4-6-8-16/h4-8,14-15,17-20H,9-13H2,1-3H3. The van der Waals surface area contributed by atoms with Crippen LogP contribution < -0.4 is 5.32 Å². The van der Waals surface area contributed by atoms with Crippen molar-refractivity contribution in [2.24, 2.45) is 11.8 Å². The van der Waals surface area contributed by atoms with Crippen molar-refractivity contribution in [1.29, 1.82) is 0 Å². The van der Waals surface area contributed by atoms with E-state index in [1.807, 2.05) is 0 Å². The molecule has 1 saturated heterocycles. The third-order valence-corrected chi connectivity index (χ3v) is 5.19. The Bertz CT molecular complexity index is 436. The zero-order valence-corrected chi connectivity index (χ0v) is 13.8. The second-order valence-corrected chi connectivity index (χ2v) is 7.59. The molecule has 3 rings (SSSR count). The number of piperazine rings is 1. The van der Waals surface area contributed by atoms with Crippen molar-refractivity contribution in [1.82, 2.24) is 10.2 Å². The molecule has 2 aliphatic rings. The van der Waals surface area contributed by atoms with E-state index in [2.05, 4.69) is 61.3 Å². The van der Waals surface area contributed by atoms with Gasteiger partial charge in [-0.2, -0.15) is 0 Å². The molecule has 1 saturated carbocycles. The molecule has 2 fully saturated rings. The SMILES string of the molecule is CC(C)CC1CN(C2CC(C)C2)C(c2ccccc2)CN1. The highest BCUT2D eigenvalue weighted by Gasteiger charge is 2.38. The average molecular weight is 286 g/mol. The molecule has 0 amide bonds. The smallest absolute Gasteiger partial charge is 0.0476 e. The van der Waals surface area contributed by atoms with E-state index in [-0.39, 0.29) is 0 Å². The predicted octanol–water partition coefficient (Wildman–Crippen LogP) is 3.85. The maximum absolute atomic E-state index is 3.80. The molecule has 116 valence electrons. The van der Waals surface area contributed by atoms with Crippen molar-refractivity contribution in [3.05, 3.63) is 35.9 Å². The van der Waals surface area contributed by atoms with E-state index in [4.69, 9.17) is 0 Å². The first-order chi connectivity index (χ1) is 10.1. The number of benzene rings is 1. The Hall–Kier alpha value is -0.860. The van der Waals surface area contributed by atoms with Crippen LogP contribution in [-0.2, 0) is 0 Å². The molecule has 0 radical (unpaired) electrons. The molecule has 1 aliphatic carbocycles. The zero-order chi connectivity index (χ0) is 14.8. The summed E-state index contributed by atoms with van der Waals surface area (Å²) in [5.74, 6) is 1.70. The topological polar surface area (TPSA) is 15.3 Å². The van der Waals surface area contributed by atoms with Crippen molar-refractivity contribution in [3.63, 3.8) is 0 Å². The maximum Gasteiger partial charge on any atom is 0.0476 e. The Morgan fingerprint density at radius 3 is 2.52 bits per heavy atom. The minimum Gasteiger partial charge on any atom is -0.311 e. The number of hydrogen-bond donors (Lipinski definition) is 1. The van der Waals surface area contributed by atoms with Gasteiger partial charge in [0.25, 0.3) is 0 Å². The van der Waals surface area contributed by atoms with E-state index >= 15 is 0 Å². The lowest BCUT2D eigenvalue weighted by Gasteiger charge is -2.50. The van der Waals surface area contributed by atoms with Crippen LogP contribution in [0.15, 0.2) is 30.3 Å². The molecule has 1 heterocycles. The van der Waals surface area contributed by atoms with E-state index in [9.17, 15) is 0 Å². The second kappa shape index (κ2) is 6.50. The summed E-state index contributed by atoms with van der Waals surface area (Å²) in [6.45, 7) is 9.38. The van der Waals surface area contributed by atoms with Crippen molar-refractivity contribution in [2.45, 2.75) is 58.2 Å². The van der Waals surface area contributed by atoms with Gasteiger partial charge >= 0.3 is 0 Å². The molecular formula is C19H30N2. The van der Waals surface area contributed by atoms with Crippen LogP contribution in [0.2, 0.25) is 0 Å². The van der Waals surface area contributed by atoms with Gasteiger partial charge in [0.15, 0.2) is 0 Å². The van der Waals surface area contributed by atoms with Gasteiger partial charge in [0.05, 0.1) is 0 Å². The molecular weight excluding hydrogens is 256 g/mol. The first kappa shape index (κ1) is 15.1. The highest BCUT2D eigenvalue weighted by molar-refractivity contribution is 5.21. The van der Waals surface area contributed by atoms with Gasteiger partial charge in [-0.1, -0.05) is 51.1 Å². The summed E-state index contributed by atoms with van der Waals surface area (Å²) in [7, 11) is 0. The molecule has 2 atom stereocenters. The van der Waals surface area contributed by atoms with Crippen molar-refractivity contribution in [3.8, 4) is 0 Å². The van der Waals surface area contributed by atoms with Gasteiger partial charge in [-0.25, -0.2) is 0 Å². The molecule has 1 aromatic carbocycles. The summed E-state index contributed by atoms with van der Waals surface area (Å²) in [5, 5.41) is 3.80. The molecule has 1 aliphatic heterocycles. The Balaban J connectivity index is 1.73. The highest BCUT2D eigenvalue weighted by Crippen LogP contribution is 2.37. The number of hydrogen-bond acceptors (Lipinski definition) is 2. The molecule has 21 heavy (non-hydrogen) atoms. The Labute approximate surface area is 129 Å². The van der Waals surface area contributed by atoms with Crippen molar-refractivity contribution < 1.29 is 0 Å². The summed E-state index contributed by atoms with van der Waals surface area (Å²) in [6, 6.07) is 13.1. The molecule has 0 bridgehead atoms. The molecule has 1 aromatic rings. The molecule has 1 N–H and O–H groups in total. The molecule has 0 aromatic heterocycles. The van der Waals surface area contributed by atoms with Crippen LogP contribution in [0.3, 0.4) is 0 Å². The lowest BCUT2D eigenvalue weighted by molar-refractivity contribution is 0.0143.